The highest BCUT2D eigenvalue weighted by Crippen LogP contribution is 2.40. The van der Waals surface area contributed by atoms with Crippen LogP contribution in [0.25, 0.3) is 43.9 Å². The van der Waals surface area contributed by atoms with E-state index in [1.807, 2.05) is 47.8 Å². The number of phenolic OH excluding ortho intramolecular Hbond substituents is 1. The van der Waals surface area contributed by atoms with Crippen LogP contribution in [0.5, 0.6) is 5.75 Å². The molecule has 0 aliphatic rings. The Labute approximate surface area is 182 Å². The van der Waals surface area contributed by atoms with Crippen molar-refractivity contribution in [2.75, 3.05) is 5.32 Å². The Kier molecular flexibility index (Phi) is 4.76. The Morgan fingerprint density at radius 1 is 1.00 bits per heavy atom. The maximum Gasteiger partial charge on any atom is 0.233 e. The molecule has 2 heterocycles. The largest absolute Gasteiger partial charge is 0.507 e. The van der Waals surface area contributed by atoms with Crippen LogP contribution in [0.15, 0.2) is 82.6 Å². The molecule has 0 saturated carbocycles. The first-order chi connectivity index (χ1) is 15.1. The summed E-state index contributed by atoms with van der Waals surface area (Å²) in [6.45, 7) is 1.41. The number of nitrogens with zero attached hydrogens (tertiary/aromatic N) is 1. The number of carbonyl (C=O) groups excluding carboxylic acids is 1. The number of rotatable bonds is 4. The molecule has 0 aliphatic carbocycles. The fourth-order valence-electron chi connectivity index (χ4n) is 3.62. The second-order valence-electron chi connectivity index (χ2n) is 7.11. The molecule has 31 heavy (non-hydrogen) atoms. The van der Waals surface area contributed by atoms with E-state index in [1.54, 1.807) is 12.1 Å². The van der Waals surface area contributed by atoms with E-state index < -0.39 is 0 Å². The van der Waals surface area contributed by atoms with Crippen molar-refractivity contribution >= 4 is 33.9 Å². The van der Waals surface area contributed by atoms with Crippen LogP contribution in [0.2, 0.25) is 0 Å². The van der Waals surface area contributed by atoms with Gasteiger partial charge in [-0.3, -0.25) is 10.1 Å². The number of aromatic nitrogens is 1. The van der Waals surface area contributed by atoms with Gasteiger partial charge in [-0.05, 0) is 45.5 Å². The SMILES string of the molecule is CC(=O)Nc1oc(-c2ccc(-c3cccc4ccccc34)cc2O)nc1-c1cccs1. The highest BCUT2D eigenvalue weighted by molar-refractivity contribution is 7.13. The van der Waals surface area contributed by atoms with Crippen LogP contribution >= 0.6 is 11.3 Å². The van der Waals surface area contributed by atoms with Crippen molar-refractivity contribution in [1.29, 1.82) is 0 Å². The highest BCUT2D eigenvalue weighted by atomic mass is 32.1. The summed E-state index contributed by atoms with van der Waals surface area (Å²) in [5, 5.41) is 17.7. The normalized spacial score (nSPS) is 11.0. The van der Waals surface area contributed by atoms with Crippen molar-refractivity contribution < 1.29 is 14.3 Å². The molecule has 1 amide bonds. The molecular formula is C25H18N2O3S. The smallest absolute Gasteiger partial charge is 0.233 e. The summed E-state index contributed by atoms with van der Waals surface area (Å²) >= 11 is 1.49. The number of hydrogen-bond donors (Lipinski definition) is 2. The first kappa shape index (κ1) is 19.1. The molecule has 5 nitrogen and oxygen atoms in total. The van der Waals surface area contributed by atoms with Crippen LogP contribution in [-0.4, -0.2) is 16.0 Å². The van der Waals surface area contributed by atoms with Gasteiger partial charge in [0, 0.05) is 6.92 Å². The highest BCUT2D eigenvalue weighted by Gasteiger charge is 2.20. The lowest BCUT2D eigenvalue weighted by Gasteiger charge is -2.09. The van der Waals surface area contributed by atoms with Crippen LogP contribution in [-0.2, 0) is 4.79 Å². The third kappa shape index (κ3) is 3.58. The Morgan fingerprint density at radius 3 is 2.61 bits per heavy atom. The number of thiophene rings is 1. The molecule has 5 aromatic rings. The maximum absolute atomic E-state index is 11.6. The zero-order chi connectivity index (χ0) is 21.4. The summed E-state index contributed by atoms with van der Waals surface area (Å²) in [6, 6.07) is 23.5. The summed E-state index contributed by atoms with van der Waals surface area (Å²) in [4.78, 5) is 17.0. The van der Waals surface area contributed by atoms with Gasteiger partial charge in [-0.15, -0.1) is 11.3 Å². The number of anilines is 1. The molecule has 6 heteroatoms. The second kappa shape index (κ2) is 7.74. The molecule has 0 bridgehead atoms. The van der Waals surface area contributed by atoms with E-state index in [1.165, 1.54) is 18.3 Å². The monoisotopic (exact) mass is 426 g/mol. The summed E-state index contributed by atoms with van der Waals surface area (Å²) in [5.41, 5.74) is 2.92. The number of nitrogens with one attached hydrogen (secondary N) is 1. The predicted molar refractivity (Wildman–Crippen MR) is 124 cm³/mol. The molecule has 0 aliphatic heterocycles. The van der Waals surface area contributed by atoms with E-state index in [2.05, 4.69) is 28.5 Å². The van der Waals surface area contributed by atoms with Crippen LogP contribution in [0, 0.1) is 0 Å². The van der Waals surface area contributed by atoms with E-state index >= 15 is 0 Å². The lowest BCUT2D eigenvalue weighted by Crippen LogP contribution is -2.05. The number of amides is 1. The van der Waals surface area contributed by atoms with Gasteiger partial charge < -0.3 is 9.52 Å². The van der Waals surface area contributed by atoms with Crippen molar-refractivity contribution in [3.8, 4) is 38.9 Å². The quantitative estimate of drug-likeness (QED) is 0.341. The number of fused-ring (bicyclic) bond motifs is 1. The van der Waals surface area contributed by atoms with Crippen LogP contribution in [0.1, 0.15) is 6.92 Å². The van der Waals surface area contributed by atoms with E-state index in [0.717, 1.165) is 26.8 Å². The van der Waals surface area contributed by atoms with Gasteiger partial charge in [-0.25, -0.2) is 4.98 Å². The molecular weight excluding hydrogens is 408 g/mol. The molecule has 0 unspecified atom stereocenters. The number of carbonyl (C=O) groups is 1. The van der Waals surface area contributed by atoms with Crippen LogP contribution in [0.4, 0.5) is 5.88 Å². The fourth-order valence-corrected chi connectivity index (χ4v) is 4.33. The number of oxazole rings is 1. The summed E-state index contributed by atoms with van der Waals surface area (Å²) in [5.74, 6) is 0.312. The average molecular weight is 426 g/mol. The van der Waals surface area contributed by atoms with Crippen molar-refractivity contribution in [3.05, 3.63) is 78.2 Å². The van der Waals surface area contributed by atoms with Gasteiger partial charge in [0.25, 0.3) is 0 Å². The summed E-state index contributed by atoms with van der Waals surface area (Å²) in [7, 11) is 0. The number of phenols is 1. The van der Waals surface area contributed by atoms with Crippen molar-refractivity contribution in [3.63, 3.8) is 0 Å². The minimum Gasteiger partial charge on any atom is -0.507 e. The first-order valence-corrected chi connectivity index (χ1v) is 10.6. The third-order valence-electron chi connectivity index (χ3n) is 5.00. The molecule has 2 aromatic heterocycles. The molecule has 3 aromatic carbocycles. The van der Waals surface area contributed by atoms with Gasteiger partial charge in [0.15, 0.2) is 0 Å². The first-order valence-electron chi connectivity index (χ1n) is 9.74. The molecule has 0 saturated heterocycles. The third-order valence-corrected chi connectivity index (χ3v) is 5.88. The molecule has 0 fully saturated rings. The topological polar surface area (TPSA) is 75.4 Å². The zero-order valence-electron chi connectivity index (χ0n) is 16.6. The molecule has 5 rings (SSSR count). The summed E-state index contributed by atoms with van der Waals surface area (Å²) in [6.07, 6.45) is 0. The zero-order valence-corrected chi connectivity index (χ0v) is 17.4. The Morgan fingerprint density at radius 2 is 1.84 bits per heavy atom. The predicted octanol–water partition coefficient (Wildman–Crippen LogP) is 6.55. The molecule has 0 atom stereocenters. The Hall–Kier alpha value is -3.90. The van der Waals surface area contributed by atoms with Gasteiger partial charge in [0.05, 0.1) is 10.4 Å². The Bertz CT molecular complexity index is 1400. The van der Waals surface area contributed by atoms with Crippen molar-refractivity contribution in [2.45, 2.75) is 6.92 Å². The summed E-state index contributed by atoms with van der Waals surface area (Å²) < 4.78 is 5.84. The van der Waals surface area contributed by atoms with Crippen molar-refractivity contribution in [1.82, 2.24) is 4.98 Å². The minimum atomic E-state index is -0.254. The van der Waals surface area contributed by atoms with Gasteiger partial charge in [0.2, 0.25) is 17.7 Å². The molecule has 0 spiro atoms. The minimum absolute atomic E-state index is 0.0544. The van der Waals surface area contributed by atoms with Gasteiger partial charge >= 0.3 is 0 Å². The van der Waals surface area contributed by atoms with Gasteiger partial charge in [-0.1, -0.05) is 54.6 Å². The molecule has 2 N–H and O–H groups in total. The lowest BCUT2D eigenvalue weighted by atomic mass is 9.97. The van der Waals surface area contributed by atoms with E-state index in [4.69, 9.17) is 4.42 Å². The van der Waals surface area contributed by atoms with Crippen LogP contribution in [0.3, 0.4) is 0 Å². The standard InChI is InChI=1S/C25H18N2O3S/c1-15(28)26-25-23(22-10-5-13-31-22)27-24(30-25)20-12-11-17(14-21(20)29)19-9-4-7-16-6-2-3-8-18(16)19/h2-14,29H,1H3,(H,26,28). The van der Waals surface area contributed by atoms with E-state index in [-0.39, 0.29) is 23.4 Å². The van der Waals surface area contributed by atoms with Gasteiger partial charge in [-0.2, -0.15) is 0 Å². The van der Waals surface area contributed by atoms with Crippen molar-refractivity contribution in [2.24, 2.45) is 0 Å². The van der Waals surface area contributed by atoms with E-state index in [9.17, 15) is 9.90 Å². The average Bonchev–Trinajstić information content (AvgIpc) is 3.43. The second-order valence-corrected chi connectivity index (χ2v) is 8.06. The van der Waals surface area contributed by atoms with Crippen LogP contribution < -0.4 is 5.32 Å². The number of hydrogen-bond acceptors (Lipinski definition) is 5. The maximum atomic E-state index is 11.6. The Balaban J connectivity index is 1.59. The van der Waals surface area contributed by atoms with Gasteiger partial charge in [0.1, 0.15) is 11.4 Å². The molecule has 152 valence electrons. The fraction of sp³-hybridized carbons (Fsp3) is 0.0400. The van der Waals surface area contributed by atoms with E-state index in [0.29, 0.717) is 11.3 Å². The lowest BCUT2D eigenvalue weighted by molar-refractivity contribution is -0.114. The number of benzene rings is 3. The molecule has 0 radical (unpaired) electrons. The number of aromatic hydroxyl groups is 1.